The molecule has 1 aliphatic rings. The summed E-state index contributed by atoms with van der Waals surface area (Å²) in [6, 6.07) is 12.8. The average molecular weight is 473 g/mol. The number of nitrogens with zero attached hydrogens (tertiary/aromatic N) is 2. The smallest absolute Gasteiger partial charge is 0.257 e. The highest BCUT2D eigenvalue weighted by atomic mass is 16.2. The van der Waals surface area contributed by atoms with Gasteiger partial charge in [0.2, 0.25) is 5.43 Å². The molecule has 4 rings (SSSR count). The molecule has 7 nitrogen and oxygen atoms in total. The molecule has 0 aliphatic heterocycles. The van der Waals surface area contributed by atoms with E-state index < -0.39 is 23.3 Å². The lowest BCUT2D eigenvalue weighted by Crippen LogP contribution is -2.37. The number of rotatable bonds is 8. The summed E-state index contributed by atoms with van der Waals surface area (Å²) >= 11 is 0. The number of amides is 2. The van der Waals surface area contributed by atoms with Crippen molar-refractivity contribution in [3.63, 3.8) is 0 Å². The highest BCUT2D eigenvalue weighted by molar-refractivity contribution is 5.99. The van der Waals surface area contributed by atoms with E-state index in [9.17, 15) is 14.4 Å². The molecule has 1 fully saturated rings. The lowest BCUT2D eigenvalue weighted by molar-refractivity contribution is 0.0940. The quantitative estimate of drug-likeness (QED) is 0.516. The first-order valence-electron chi connectivity index (χ1n) is 12.3. The maximum Gasteiger partial charge on any atom is 0.257 e. The van der Waals surface area contributed by atoms with Gasteiger partial charge < -0.3 is 15.2 Å². The summed E-state index contributed by atoms with van der Waals surface area (Å²) in [5.74, 6) is -0.499. The van der Waals surface area contributed by atoms with Crippen molar-refractivity contribution < 1.29 is 9.59 Å². The fourth-order valence-corrected chi connectivity index (χ4v) is 4.75. The van der Waals surface area contributed by atoms with E-state index in [1.807, 2.05) is 47.0 Å². The lowest BCUT2D eigenvalue weighted by atomic mass is 9.89. The molecule has 2 amide bonds. The zero-order valence-electron chi connectivity index (χ0n) is 20.1. The Morgan fingerprint density at radius 3 is 2.23 bits per heavy atom. The molecule has 2 aromatic heterocycles. The summed E-state index contributed by atoms with van der Waals surface area (Å²) in [5, 5.41) is 5.73. The number of hydrogen-bond acceptors (Lipinski definition) is 4. The summed E-state index contributed by atoms with van der Waals surface area (Å²) in [6.45, 7) is 2.88. The predicted molar refractivity (Wildman–Crippen MR) is 135 cm³/mol. The highest BCUT2D eigenvalue weighted by Gasteiger charge is 2.24. The van der Waals surface area contributed by atoms with Crippen LogP contribution >= 0.6 is 0 Å². The Labute approximate surface area is 205 Å². The Morgan fingerprint density at radius 1 is 0.943 bits per heavy atom. The summed E-state index contributed by atoms with van der Waals surface area (Å²) < 4.78 is 1.85. The van der Waals surface area contributed by atoms with Gasteiger partial charge in [-0.2, -0.15) is 0 Å². The number of pyridine rings is 2. The molecule has 3 aromatic rings. The minimum Gasteiger partial charge on any atom is -0.352 e. The van der Waals surface area contributed by atoms with Crippen LogP contribution in [-0.2, 0) is 6.54 Å². The topological polar surface area (TPSA) is 93.1 Å². The van der Waals surface area contributed by atoms with Crippen LogP contribution in [0, 0.1) is 5.92 Å². The Bertz CT molecular complexity index is 1160. The van der Waals surface area contributed by atoms with Crippen molar-refractivity contribution in [2.75, 3.05) is 6.54 Å². The number of aromatic nitrogens is 2. The van der Waals surface area contributed by atoms with Gasteiger partial charge in [-0.3, -0.25) is 19.4 Å². The molecule has 0 radical (unpaired) electrons. The fourth-order valence-electron chi connectivity index (χ4n) is 4.75. The molecule has 1 aliphatic carbocycles. The van der Waals surface area contributed by atoms with Crippen LogP contribution in [-0.4, -0.2) is 27.9 Å². The number of nitrogens with one attached hydrogen (secondary N) is 2. The van der Waals surface area contributed by atoms with Gasteiger partial charge in [0.25, 0.3) is 11.8 Å². The normalized spacial score (nSPS) is 14.8. The van der Waals surface area contributed by atoms with E-state index in [2.05, 4.69) is 15.6 Å². The van der Waals surface area contributed by atoms with Gasteiger partial charge in [-0.1, -0.05) is 49.6 Å². The zero-order valence-corrected chi connectivity index (χ0v) is 20.1. The standard InChI is InChI=1S/C28H32N4O3/c1-2-30-27(34)23-18-32(17-20-9-5-3-6-10-20)19-24(26(23)33)28(35)31-25(21-11-7-4-8-12-21)22-13-15-29-16-14-22/h4,7-8,11-16,18-20,25H,2-3,5-6,9-10,17H2,1H3,(H,30,34)(H,31,35)/t25-/m0/s1. The SMILES string of the molecule is CCNC(=O)c1cn(CC2CCCCC2)cc(C(=O)N[C@@H](c2ccccc2)c2ccncc2)c1=O. The molecule has 2 N–H and O–H groups in total. The Hall–Kier alpha value is -3.74. The minimum absolute atomic E-state index is 0.00418. The summed E-state index contributed by atoms with van der Waals surface area (Å²) in [4.78, 5) is 43.6. The van der Waals surface area contributed by atoms with Crippen molar-refractivity contribution in [3.8, 4) is 0 Å². The zero-order chi connectivity index (χ0) is 24.6. The van der Waals surface area contributed by atoms with Crippen LogP contribution in [0.5, 0.6) is 0 Å². The van der Waals surface area contributed by atoms with Crippen molar-refractivity contribution in [2.24, 2.45) is 5.92 Å². The molecular weight excluding hydrogens is 440 g/mol. The van der Waals surface area contributed by atoms with Crippen LogP contribution < -0.4 is 16.1 Å². The third kappa shape index (κ3) is 6.04. The van der Waals surface area contributed by atoms with E-state index in [4.69, 9.17) is 0 Å². The van der Waals surface area contributed by atoms with Gasteiger partial charge in [-0.25, -0.2) is 0 Å². The third-order valence-corrected chi connectivity index (χ3v) is 6.55. The van der Waals surface area contributed by atoms with Crippen molar-refractivity contribution in [1.82, 2.24) is 20.2 Å². The van der Waals surface area contributed by atoms with E-state index in [1.165, 1.54) is 19.3 Å². The minimum atomic E-state index is -0.560. The van der Waals surface area contributed by atoms with E-state index in [-0.39, 0.29) is 11.1 Å². The van der Waals surface area contributed by atoms with E-state index >= 15 is 0 Å². The van der Waals surface area contributed by atoms with Crippen LogP contribution in [0.15, 0.2) is 72.0 Å². The van der Waals surface area contributed by atoms with Crippen molar-refractivity contribution in [3.05, 3.63) is 99.7 Å². The Balaban J connectivity index is 1.69. The fraction of sp³-hybridized carbons (Fsp3) is 0.357. The first-order chi connectivity index (χ1) is 17.1. The molecular formula is C28H32N4O3. The van der Waals surface area contributed by atoms with Gasteiger partial charge in [0.1, 0.15) is 11.1 Å². The summed E-state index contributed by atoms with van der Waals surface area (Å²) in [7, 11) is 0. The van der Waals surface area contributed by atoms with Crippen LogP contribution in [0.25, 0.3) is 0 Å². The molecule has 0 unspecified atom stereocenters. The summed E-state index contributed by atoms with van der Waals surface area (Å²) in [6.07, 6.45) is 12.4. The lowest BCUT2D eigenvalue weighted by Gasteiger charge is -2.24. The van der Waals surface area contributed by atoms with E-state index in [1.54, 1.807) is 31.7 Å². The van der Waals surface area contributed by atoms with E-state index in [0.717, 1.165) is 24.0 Å². The molecule has 1 saturated carbocycles. The van der Waals surface area contributed by atoms with Gasteiger partial charge in [0, 0.05) is 37.9 Å². The van der Waals surface area contributed by atoms with Crippen LogP contribution in [0.2, 0.25) is 0 Å². The first-order valence-corrected chi connectivity index (χ1v) is 12.3. The highest BCUT2D eigenvalue weighted by Crippen LogP contribution is 2.25. The van der Waals surface area contributed by atoms with E-state index in [0.29, 0.717) is 19.0 Å². The van der Waals surface area contributed by atoms with Gasteiger partial charge in [0.05, 0.1) is 6.04 Å². The first kappa shape index (κ1) is 24.4. The van der Waals surface area contributed by atoms with Crippen LogP contribution in [0.4, 0.5) is 0 Å². The predicted octanol–water partition coefficient (Wildman–Crippen LogP) is 4.09. The molecule has 182 valence electrons. The number of carbonyl (C=O) groups is 2. The molecule has 35 heavy (non-hydrogen) atoms. The molecule has 1 aromatic carbocycles. The second-order valence-electron chi connectivity index (χ2n) is 9.07. The van der Waals surface area contributed by atoms with Crippen molar-refractivity contribution in [1.29, 1.82) is 0 Å². The maximum atomic E-state index is 13.5. The number of hydrogen-bond donors (Lipinski definition) is 2. The number of carbonyl (C=O) groups excluding carboxylic acids is 2. The van der Waals surface area contributed by atoms with Gasteiger partial charge in [-0.05, 0) is 48.9 Å². The molecule has 0 spiro atoms. The third-order valence-electron chi connectivity index (χ3n) is 6.55. The van der Waals surface area contributed by atoms with Gasteiger partial charge in [-0.15, -0.1) is 0 Å². The van der Waals surface area contributed by atoms with Gasteiger partial charge in [0.15, 0.2) is 0 Å². The largest absolute Gasteiger partial charge is 0.352 e. The second kappa shape index (κ2) is 11.6. The molecule has 0 bridgehead atoms. The Morgan fingerprint density at radius 2 is 1.57 bits per heavy atom. The van der Waals surface area contributed by atoms with Crippen LogP contribution in [0.3, 0.4) is 0 Å². The average Bonchev–Trinajstić information content (AvgIpc) is 2.89. The molecule has 0 saturated heterocycles. The van der Waals surface area contributed by atoms with Gasteiger partial charge >= 0.3 is 0 Å². The van der Waals surface area contributed by atoms with Crippen LogP contribution in [0.1, 0.15) is 76.9 Å². The Kier molecular flexibility index (Phi) is 8.08. The second-order valence-corrected chi connectivity index (χ2v) is 9.07. The molecule has 7 heteroatoms. The monoisotopic (exact) mass is 472 g/mol. The maximum absolute atomic E-state index is 13.5. The molecule has 2 heterocycles. The van der Waals surface area contributed by atoms with Crippen molar-refractivity contribution in [2.45, 2.75) is 51.6 Å². The summed E-state index contributed by atoms with van der Waals surface area (Å²) in [5.41, 5.74) is 1.14. The molecule has 1 atom stereocenters. The van der Waals surface area contributed by atoms with Crippen molar-refractivity contribution >= 4 is 11.8 Å². The number of benzene rings is 1.